The number of aromatic nitrogens is 3. The quantitative estimate of drug-likeness (QED) is 0.275. The molecule has 168 valence electrons. The van der Waals surface area contributed by atoms with Gasteiger partial charge in [0.25, 0.3) is 5.91 Å². The molecule has 4 rings (SSSR count). The highest BCUT2D eigenvalue weighted by Crippen LogP contribution is 2.28. The highest BCUT2D eigenvalue weighted by Gasteiger charge is 2.18. The number of hydrogen-bond acceptors (Lipinski definition) is 4. The average Bonchev–Trinajstić information content (AvgIpc) is 3.20. The minimum absolute atomic E-state index is 0.161. The lowest BCUT2D eigenvalue weighted by Crippen LogP contribution is -2.24. The van der Waals surface area contributed by atoms with Gasteiger partial charge in [0.05, 0.1) is 12.2 Å². The van der Waals surface area contributed by atoms with Gasteiger partial charge in [-0.1, -0.05) is 83.0 Å². The molecule has 0 saturated heterocycles. The molecule has 0 aliphatic carbocycles. The summed E-state index contributed by atoms with van der Waals surface area (Å²) in [5.74, 6) is 0.999. The van der Waals surface area contributed by atoms with Gasteiger partial charge in [0.15, 0.2) is 11.0 Å². The van der Waals surface area contributed by atoms with Crippen LogP contribution in [0, 0.1) is 6.92 Å². The molecule has 0 bridgehead atoms. The number of carbonyl (C=O) groups is 1. The van der Waals surface area contributed by atoms with Gasteiger partial charge in [0.2, 0.25) is 0 Å². The van der Waals surface area contributed by atoms with E-state index in [0.29, 0.717) is 31.6 Å². The summed E-state index contributed by atoms with van der Waals surface area (Å²) in [7, 11) is 0. The summed E-state index contributed by atoms with van der Waals surface area (Å²) >= 11 is 19.9. The van der Waals surface area contributed by atoms with Crippen molar-refractivity contribution in [1.29, 1.82) is 0 Å². The summed E-state index contributed by atoms with van der Waals surface area (Å²) < 4.78 is 1.93. The standard InChI is InChI=1S/C24H19Cl3N4OS/c1-15-7-8-18(25)12-21(15)31-22(13-28-23(32)17-9-19(26)11-20(27)10-17)29-30-24(31)33-14-16-5-3-2-4-6-16/h2-12H,13-14H2,1H3,(H,28,32). The van der Waals surface area contributed by atoms with Gasteiger partial charge in [-0.15, -0.1) is 10.2 Å². The van der Waals surface area contributed by atoms with Gasteiger partial charge >= 0.3 is 0 Å². The number of amides is 1. The first-order chi connectivity index (χ1) is 15.9. The summed E-state index contributed by atoms with van der Waals surface area (Å²) in [6.45, 7) is 2.15. The molecule has 5 nitrogen and oxygen atoms in total. The lowest BCUT2D eigenvalue weighted by atomic mass is 10.2. The van der Waals surface area contributed by atoms with Crippen LogP contribution in [0.1, 0.15) is 27.3 Å². The van der Waals surface area contributed by atoms with Crippen molar-refractivity contribution in [2.75, 3.05) is 0 Å². The van der Waals surface area contributed by atoms with E-state index in [1.807, 2.05) is 47.9 Å². The number of halogens is 3. The minimum atomic E-state index is -0.310. The zero-order valence-corrected chi connectivity index (χ0v) is 20.6. The summed E-state index contributed by atoms with van der Waals surface area (Å²) in [5.41, 5.74) is 3.41. The lowest BCUT2D eigenvalue weighted by molar-refractivity contribution is 0.0949. The van der Waals surface area contributed by atoms with Crippen LogP contribution in [0.3, 0.4) is 0 Å². The molecule has 0 radical (unpaired) electrons. The van der Waals surface area contributed by atoms with Crippen molar-refractivity contribution in [1.82, 2.24) is 20.1 Å². The van der Waals surface area contributed by atoms with Crippen LogP contribution in [0.4, 0.5) is 0 Å². The average molecular weight is 518 g/mol. The number of thioether (sulfide) groups is 1. The lowest BCUT2D eigenvalue weighted by Gasteiger charge is -2.14. The van der Waals surface area contributed by atoms with Crippen LogP contribution >= 0.6 is 46.6 Å². The van der Waals surface area contributed by atoms with E-state index < -0.39 is 0 Å². The molecule has 33 heavy (non-hydrogen) atoms. The Balaban J connectivity index is 1.62. The SMILES string of the molecule is Cc1ccc(Cl)cc1-n1c(CNC(=O)c2cc(Cl)cc(Cl)c2)nnc1SCc1ccccc1. The van der Waals surface area contributed by atoms with Crippen LogP contribution in [0.2, 0.25) is 15.1 Å². The van der Waals surface area contributed by atoms with Crippen molar-refractivity contribution in [3.63, 3.8) is 0 Å². The topological polar surface area (TPSA) is 59.8 Å². The van der Waals surface area contributed by atoms with Gasteiger partial charge in [0, 0.05) is 26.4 Å². The van der Waals surface area contributed by atoms with Crippen molar-refractivity contribution >= 4 is 52.5 Å². The summed E-state index contributed by atoms with van der Waals surface area (Å²) in [5, 5.41) is 13.7. The van der Waals surface area contributed by atoms with Crippen LogP contribution < -0.4 is 5.32 Å². The third kappa shape index (κ3) is 5.89. The molecule has 0 atom stereocenters. The molecule has 0 aliphatic rings. The van der Waals surface area contributed by atoms with E-state index >= 15 is 0 Å². The first-order valence-corrected chi connectivity index (χ1v) is 12.1. The van der Waals surface area contributed by atoms with E-state index in [-0.39, 0.29) is 12.5 Å². The number of carbonyl (C=O) groups excluding carboxylic acids is 1. The fourth-order valence-electron chi connectivity index (χ4n) is 3.24. The zero-order valence-electron chi connectivity index (χ0n) is 17.6. The Kier molecular flexibility index (Phi) is 7.60. The zero-order chi connectivity index (χ0) is 23.4. The van der Waals surface area contributed by atoms with Gasteiger partial charge in [-0.2, -0.15) is 0 Å². The molecular weight excluding hydrogens is 499 g/mol. The Bertz CT molecular complexity index is 1270. The van der Waals surface area contributed by atoms with Gasteiger partial charge in [0.1, 0.15) is 0 Å². The molecule has 3 aromatic carbocycles. The molecule has 4 aromatic rings. The van der Waals surface area contributed by atoms with Gasteiger partial charge in [-0.05, 0) is 48.4 Å². The van der Waals surface area contributed by atoms with Crippen LogP contribution in [-0.2, 0) is 12.3 Å². The van der Waals surface area contributed by atoms with Crippen molar-refractivity contribution in [2.45, 2.75) is 24.4 Å². The second-order valence-corrected chi connectivity index (χ2v) is 9.53. The molecule has 1 aromatic heterocycles. The molecule has 0 spiro atoms. The Morgan fingerprint density at radius 3 is 2.39 bits per heavy atom. The van der Waals surface area contributed by atoms with E-state index in [1.165, 1.54) is 5.56 Å². The van der Waals surface area contributed by atoms with Gasteiger partial charge < -0.3 is 5.32 Å². The molecule has 1 N–H and O–H groups in total. The number of rotatable bonds is 7. The Morgan fingerprint density at radius 2 is 1.67 bits per heavy atom. The molecule has 1 heterocycles. The monoisotopic (exact) mass is 516 g/mol. The first kappa shape index (κ1) is 23.6. The van der Waals surface area contributed by atoms with Crippen molar-refractivity contribution in [3.8, 4) is 5.69 Å². The number of aryl methyl sites for hydroxylation is 1. The highest BCUT2D eigenvalue weighted by molar-refractivity contribution is 7.98. The number of nitrogens with zero attached hydrogens (tertiary/aromatic N) is 3. The van der Waals surface area contributed by atoms with Crippen LogP contribution in [0.15, 0.2) is 71.9 Å². The Hall–Kier alpha value is -2.51. The number of nitrogens with one attached hydrogen (secondary N) is 1. The molecule has 0 saturated carbocycles. The first-order valence-electron chi connectivity index (χ1n) is 10.0. The smallest absolute Gasteiger partial charge is 0.251 e. The van der Waals surface area contributed by atoms with Gasteiger partial charge in [-0.3, -0.25) is 9.36 Å². The predicted octanol–water partition coefficient (Wildman–Crippen LogP) is 6.76. The van der Waals surface area contributed by atoms with E-state index in [9.17, 15) is 4.79 Å². The summed E-state index contributed by atoms with van der Waals surface area (Å²) in [6.07, 6.45) is 0. The molecule has 9 heteroatoms. The van der Waals surface area contributed by atoms with E-state index in [0.717, 1.165) is 17.0 Å². The van der Waals surface area contributed by atoms with Gasteiger partial charge in [-0.25, -0.2) is 0 Å². The minimum Gasteiger partial charge on any atom is -0.345 e. The van der Waals surface area contributed by atoms with E-state index in [1.54, 1.807) is 30.0 Å². The van der Waals surface area contributed by atoms with Crippen LogP contribution in [0.25, 0.3) is 5.69 Å². The van der Waals surface area contributed by atoms with Crippen LogP contribution in [0.5, 0.6) is 0 Å². The fraction of sp³-hybridized carbons (Fsp3) is 0.125. The maximum Gasteiger partial charge on any atom is 0.251 e. The van der Waals surface area contributed by atoms with Crippen LogP contribution in [-0.4, -0.2) is 20.7 Å². The van der Waals surface area contributed by atoms with Crippen molar-refractivity contribution < 1.29 is 4.79 Å². The second kappa shape index (κ2) is 10.6. The second-order valence-electron chi connectivity index (χ2n) is 7.28. The molecular formula is C24H19Cl3N4OS. The fourth-order valence-corrected chi connectivity index (χ4v) is 4.85. The maximum absolute atomic E-state index is 12.7. The molecule has 0 unspecified atom stereocenters. The number of benzene rings is 3. The molecule has 1 amide bonds. The Labute approximate surface area is 211 Å². The normalized spacial score (nSPS) is 10.9. The molecule has 0 fully saturated rings. The third-order valence-electron chi connectivity index (χ3n) is 4.86. The molecule has 0 aliphatic heterocycles. The van der Waals surface area contributed by atoms with E-state index in [2.05, 4.69) is 27.6 Å². The van der Waals surface area contributed by atoms with Crippen molar-refractivity contribution in [2.24, 2.45) is 0 Å². The Morgan fingerprint density at radius 1 is 0.939 bits per heavy atom. The summed E-state index contributed by atoms with van der Waals surface area (Å²) in [6, 6.07) is 20.5. The highest BCUT2D eigenvalue weighted by atomic mass is 35.5. The maximum atomic E-state index is 12.7. The van der Waals surface area contributed by atoms with E-state index in [4.69, 9.17) is 34.8 Å². The third-order valence-corrected chi connectivity index (χ3v) is 6.53. The summed E-state index contributed by atoms with van der Waals surface area (Å²) in [4.78, 5) is 12.7. The number of hydrogen-bond donors (Lipinski definition) is 1. The predicted molar refractivity (Wildman–Crippen MR) is 135 cm³/mol. The van der Waals surface area contributed by atoms with Crippen molar-refractivity contribution in [3.05, 3.63) is 104 Å². The largest absolute Gasteiger partial charge is 0.345 e.